The zero-order chi connectivity index (χ0) is 13.0. The van der Waals surface area contributed by atoms with Crippen LogP contribution in [0.1, 0.15) is 28.4 Å². The first-order chi connectivity index (χ1) is 8.65. The Bertz CT molecular complexity index is 411. The van der Waals surface area contributed by atoms with Crippen molar-refractivity contribution in [2.75, 3.05) is 19.8 Å². The molecule has 1 aliphatic rings. The lowest BCUT2D eigenvalue weighted by molar-refractivity contribution is -0.120. The summed E-state index contributed by atoms with van der Waals surface area (Å²) in [6.07, 6.45) is 2.61. The molecule has 1 aromatic heterocycles. The van der Waals surface area contributed by atoms with Gasteiger partial charge in [0.15, 0.2) is 0 Å². The first kappa shape index (κ1) is 13.5. The topological polar surface area (TPSA) is 51.2 Å². The molecule has 5 heteroatoms. The second-order valence-corrected chi connectivity index (χ2v) is 6.07. The molecule has 1 saturated heterocycles. The number of aryl methyl sites for hydroxylation is 2. The van der Waals surface area contributed by atoms with Gasteiger partial charge in [0.25, 0.3) is 0 Å². The van der Waals surface area contributed by atoms with Gasteiger partial charge in [0.1, 0.15) is 0 Å². The Balaban J connectivity index is 1.70. The van der Waals surface area contributed by atoms with Crippen molar-refractivity contribution in [3.63, 3.8) is 0 Å². The van der Waals surface area contributed by atoms with Gasteiger partial charge in [0.2, 0.25) is 5.91 Å². The number of ether oxygens (including phenoxy) is 1. The van der Waals surface area contributed by atoms with Crippen LogP contribution in [0.4, 0.5) is 0 Å². The summed E-state index contributed by atoms with van der Waals surface area (Å²) in [6, 6.07) is 0. The smallest absolute Gasteiger partial charge is 0.225 e. The number of aromatic nitrogens is 1. The third-order valence-electron chi connectivity index (χ3n) is 3.22. The minimum absolute atomic E-state index is 0.0978. The molecule has 1 fully saturated rings. The van der Waals surface area contributed by atoms with Gasteiger partial charge in [-0.2, -0.15) is 0 Å². The van der Waals surface area contributed by atoms with Crippen molar-refractivity contribution in [1.29, 1.82) is 0 Å². The van der Waals surface area contributed by atoms with Gasteiger partial charge in [0.05, 0.1) is 17.1 Å². The molecule has 2 rings (SSSR count). The number of hydrogen-bond acceptors (Lipinski definition) is 4. The number of nitrogens with zero attached hydrogens (tertiary/aromatic N) is 1. The molecule has 18 heavy (non-hydrogen) atoms. The van der Waals surface area contributed by atoms with Crippen molar-refractivity contribution in [2.24, 2.45) is 5.92 Å². The van der Waals surface area contributed by atoms with Gasteiger partial charge in [-0.1, -0.05) is 0 Å². The summed E-state index contributed by atoms with van der Waals surface area (Å²) in [5.41, 5.74) is 0.983. The first-order valence-corrected chi connectivity index (χ1v) is 7.24. The lowest BCUT2D eigenvalue weighted by atomic mass is 10.1. The highest BCUT2D eigenvalue weighted by Gasteiger charge is 2.15. The van der Waals surface area contributed by atoms with E-state index in [1.807, 2.05) is 13.8 Å². The van der Waals surface area contributed by atoms with E-state index in [1.54, 1.807) is 11.3 Å². The maximum atomic E-state index is 11.8. The van der Waals surface area contributed by atoms with Crippen molar-refractivity contribution < 1.29 is 9.53 Å². The molecule has 0 spiro atoms. The van der Waals surface area contributed by atoms with Crippen LogP contribution in [0.3, 0.4) is 0 Å². The predicted molar refractivity (Wildman–Crippen MR) is 71.8 cm³/mol. The number of carbonyl (C=O) groups excluding carboxylic acids is 1. The molecule has 2 heterocycles. The van der Waals surface area contributed by atoms with Gasteiger partial charge < -0.3 is 10.1 Å². The summed E-state index contributed by atoms with van der Waals surface area (Å²) in [6.45, 7) is 6.41. The largest absolute Gasteiger partial charge is 0.381 e. The summed E-state index contributed by atoms with van der Waals surface area (Å²) in [5.74, 6) is 0.721. The standard InChI is InChI=1S/C13H20N2O2S/c1-9-12(18-10(2)15-9)7-13(16)14-5-3-11-4-6-17-8-11/h11H,3-8H2,1-2H3,(H,14,16). The van der Waals surface area contributed by atoms with E-state index in [-0.39, 0.29) is 5.91 Å². The third kappa shape index (κ3) is 3.78. The quantitative estimate of drug-likeness (QED) is 0.886. The van der Waals surface area contributed by atoms with Gasteiger partial charge in [-0.3, -0.25) is 4.79 Å². The lowest BCUT2D eigenvalue weighted by Crippen LogP contribution is -2.27. The van der Waals surface area contributed by atoms with Gasteiger partial charge in [-0.25, -0.2) is 4.98 Å². The average molecular weight is 268 g/mol. The molecule has 1 N–H and O–H groups in total. The van der Waals surface area contributed by atoms with Gasteiger partial charge in [-0.05, 0) is 32.6 Å². The van der Waals surface area contributed by atoms with Crippen LogP contribution >= 0.6 is 11.3 Å². The maximum absolute atomic E-state index is 11.8. The summed E-state index contributed by atoms with van der Waals surface area (Å²) >= 11 is 1.61. The Morgan fingerprint density at radius 3 is 3.00 bits per heavy atom. The van der Waals surface area contributed by atoms with Crippen molar-refractivity contribution in [3.8, 4) is 0 Å². The Labute approximate surface area is 112 Å². The van der Waals surface area contributed by atoms with Crippen molar-refractivity contribution >= 4 is 17.2 Å². The fraction of sp³-hybridized carbons (Fsp3) is 0.692. The molecule has 0 aliphatic carbocycles. The Morgan fingerprint density at radius 2 is 2.39 bits per heavy atom. The van der Waals surface area contributed by atoms with Crippen LogP contribution < -0.4 is 5.32 Å². The number of rotatable bonds is 5. The SMILES string of the molecule is Cc1nc(C)c(CC(=O)NCCC2CCOC2)s1. The summed E-state index contributed by atoms with van der Waals surface area (Å²) in [4.78, 5) is 17.2. The Hall–Kier alpha value is -0.940. The van der Waals surface area contributed by atoms with Crippen LogP contribution in [0.2, 0.25) is 0 Å². The number of thiazole rings is 1. The second-order valence-electron chi connectivity index (χ2n) is 4.79. The highest BCUT2D eigenvalue weighted by molar-refractivity contribution is 7.11. The molecule has 0 saturated carbocycles. The van der Waals surface area contributed by atoms with Crippen LogP contribution in [0, 0.1) is 19.8 Å². The molecular weight excluding hydrogens is 248 g/mol. The van der Waals surface area contributed by atoms with Crippen LogP contribution in [-0.2, 0) is 16.0 Å². The molecule has 0 aromatic carbocycles. The summed E-state index contributed by atoms with van der Waals surface area (Å²) in [7, 11) is 0. The molecule has 4 nitrogen and oxygen atoms in total. The Morgan fingerprint density at radius 1 is 1.56 bits per heavy atom. The molecule has 100 valence electrons. The van der Waals surface area contributed by atoms with E-state index < -0.39 is 0 Å². The van der Waals surface area contributed by atoms with E-state index in [2.05, 4.69) is 10.3 Å². The first-order valence-electron chi connectivity index (χ1n) is 6.42. The van der Waals surface area contributed by atoms with Crippen molar-refractivity contribution in [2.45, 2.75) is 33.1 Å². The van der Waals surface area contributed by atoms with Crippen LogP contribution in [0.15, 0.2) is 0 Å². The fourth-order valence-corrected chi connectivity index (χ4v) is 3.11. The van der Waals surface area contributed by atoms with Crippen molar-refractivity contribution in [1.82, 2.24) is 10.3 Å². The molecule has 1 amide bonds. The third-order valence-corrected chi connectivity index (χ3v) is 4.29. The molecule has 1 aromatic rings. The zero-order valence-corrected chi connectivity index (χ0v) is 11.8. The second kappa shape index (κ2) is 6.29. The predicted octanol–water partition coefficient (Wildman–Crippen LogP) is 1.85. The van der Waals surface area contributed by atoms with Gasteiger partial charge in [0, 0.05) is 24.6 Å². The Kier molecular flexibility index (Phi) is 4.72. The van der Waals surface area contributed by atoms with E-state index >= 15 is 0 Å². The molecule has 1 atom stereocenters. The van der Waals surface area contributed by atoms with Gasteiger partial charge >= 0.3 is 0 Å². The zero-order valence-electron chi connectivity index (χ0n) is 11.0. The minimum Gasteiger partial charge on any atom is -0.381 e. The number of nitrogens with one attached hydrogen (secondary N) is 1. The number of carbonyl (C=O) groups is 1. The van der Waals surface area contributed by atoms with Crippen LogP contribution in [-0.4, -0.2) is 30.6 Å². The van der Waals surface area contributed by atoms with Crippen molar-refractivity contribution in [3.05, 3.63) is 15.6 Å². The molecule has 1 aliphatic heterocycles. The molecule has 0 bridgehead atoms. The summed E-state index contributed by atoms with van der Waals surface area (Å²) < 4.78 is 5.31. The molecule has 1 unspecified atom stereocenters. The summed E-state index contributed by atoms with van der Waals surface area (Å²) in [5, 5.41) is 4.01. The monoisotopic (exact) mass is 268 g/mol. The van der Waals surface area contributed by atoms with E-state index in [1.165, 1.54) is 0 Å². The molecule has 0 radical (unpaired) electrons. The van der Waals surface area contributed by atoms with E-state index in [9.17, 15) is 4.79 Å². The van der Waals surface area contributed by atoms with Crippen LogP contribution in [0.25, 0.3) is 0 Å². The molecular formula is C13H20N2O2S. The number of hydrogen-bond donors (Lipinski definition) is 1. The highest BCUT2D eigenvalue weighted by atomic mass is 32.1. The number of amides is 1. The maximum Gasteiger partial charge on any atom is 0.225 e. The normalized spacial score (nSPS) is 19.1. The van der Waals surface area contributed by atoms with Gasteiger partial charge in [-0.15, -0.1) is 11.3 Å². The van der Waals surface area contributed by atoms with E-state index in [0.717, 1.165) is 48.2 Å². The average Bonchev–Trinajstić information content (AvgIpc) is 2.90. The lowest BCUT2D eigenvalue weighted by Gasteiger charge is -2.08. The highest BCUT2D eigenvalue weighted by Crippen LogP contribution is 2.18. The van der Waals surface area contributed by atoms with E-state index in [0.29, 0.717) is 12.3 Å². The van der Waals surface area contributed by atoms with Crippen LogP contribution in [0.5, 0.6) is 0 Å². The minimum atomic E-state index is 0.0978. The van der Waals surface area contributed by atoms with E-state index in [4.69, 9.17) is 4.74 Å². The fourth-order valence-electron chi connectivity index (χ4n) is 2.17.